The second-order valence-electron chi connectivity index (χ2n) is 9.00. The number of nitrogens with zero attached hydrogens (tertiary/aromatic N) is 2. The zero-order chi connectivity index (χ0) is 28.2. The molecule has 1 atom stereocenters. The molecule has 5 rings (SSSR count). The largest absolute Gasteiger partial charge is 0.496 e. The van der Waals surface area contributed by atoms with E-state index in [9.17, 15) is 9.59 Å². The van der Waals surface area contributed by atoms with Crippen LogP contribution in [0.5, 0.6) is 11.5 Å². The van der Waals surface area contributed by atoms with E-state index in [4.69, 9.17) is 25.8 Å². The Balaban J connectivity index is 1.61. The SMILES string of the molecule is CCOC(=O)C1=C(C)N=c2sc(=Cc3ccccc3OCc3ccc(Cl)cc3)c(=O)n2[C@@H]1c1ccccc1OC. The summed E-state index contributed by atoms with van der Waals surface area (Å²) in [5, 5.41) is 0.660. The molecule has 0 bridgehead atoms. The van der Waals surface area contributed by atoms with Crippen molar-refractivity contribution in [1.82, 2.24) is 4.57 Å². The Morgan fingerprint density at radius 3 is 2.48 bits per heavy atom. The number of fused-ring (bicyclic) bond motifs is 1. The van der Waals surface area contributed by atoms with Gasteiger partial charge in [-0.2, -0.15) is 0 Å². The molecule has 204 valence electrons. The molecule has 40 heavy (non-hydrogen) atoms. The van der Waals surface area contributed by atoms with Crippen LogP contribution in [0.1, 0.15) is 36.6 Å². The van der Waals surface area contributed by atoms with Crippen molar-refractivity contribution in [3.05, 3.63) is 125 Å². The molecule has 0 unspecified atom stereocenters. The normalized spacial score (nSPS) is 14.9. The summed E-state index contributed by atoms with van der Waals surface area (Å²) in [6.45, 7) is 4.05. The van der Waals surface area contributed by atoms with Crippen molar-refractivity contribution >= 4 is 35.0 Å². The first-order valence-electron chi connectivity index (χ1n) is 12.7. The van der Waals surface area contributed by atoms with E-state index < -0.39 is 12.0 Å². The zero-order valence-corrected chi connectivity index (χ0v) is 23.8. The number of benzene rings is 3. The van der Waals surface area contributed by atoms with Crippen molar-refractivity contribution in [2.45, 2.75) is 26.5 Å². The van der Waals surface area contributed by atoms with Crippen LogP contribution in [0.25, 0.3) is 6.08 Å². The van der Waals surface area contributed by atoms with Crippen LogP contribution < -0.4 is 24.4 Å². The van der Waals surface area contributed by atoms with Gasteiger partial charge in [0, 0.05) is 16.1 Å². The number of carbonyl (C=O) groups is 1. The van der Waals surface area contributed by atoms with E-state index in [2.05, 4.69) is 4.99 Å². The predicted molar refractivity (Wildman–Crippen MR) is 156 cm³/mol. The number of para-hydroxylation sites is 2. The summed E-state index contributed by atoms with van der Waals surface area (Å²) >= 11 is 7.26. The molecule has 1 aliphatic heterocycles. The monoisotopic (exact) mass is 574 g/mol. The number of thiazole rings is 1. The molecular weight excluding hydrogens is 548 g/mol. The van der Waals surface area contributed by atoms with Crippen molar-refractivity contribution in [3.63, 3.8) is 0 Å². The fourth-order valence-electron chi connectivity index (χ4n) is 4.59. The molecule has 0 saturated carbocycles. The lowest BCUT2D eigenvalue weighted by molar-refractivity contribution is -0.139. The first-order chi connectivity index (χ1) is 19.4. The summed E-state index contributed by atoms with van der Waals surface area (Å²) in [6, 6.07) is 21.5. The van der Waals surface area contributed by atoms with Crippen molar-refractivity contribution in [2.75, 3.05) is 13.7 Å². The topological polar surface area (TPSA) is 79.1 Å². The molecule has 0 saturated heterocycles. The van der Waals surface area contributed by atoms with Crippen LogP contribution in [-0.2, 0) is 16.1 Å². The van der Waals surface area contributed by atoms with Crippen molar-refractivity contribution in [2.24, 2.45) is 4.99 Å². The van der Waals surface area contributed by atoms with Gasteiger partial charge in [0.05, 0.1) is 29.5 Å². The molecule has 0 fully saturated rings. The lowest BCUT2D eigenvalue weighted by Gasteiger charge is -2.25. The number of rotatable bonds is 8. The van der Waals surface area contributed by atoms with Gasteiger partial charge >= 0.3 is 5.97 Å². The summed E-state index contributed by atoms with van der Waals surface area (Å²) < 4.78 is 19.1. The van der Waals surface area contributed by atoms with Crippen molar-refractivity contribution in [1.29, 1.82) is 0 Å². The van der Waals surface area contributed by atoms with Crippen LogP contribution in [0, 0.1) is 0 Å². The Morgan fingerprint density at radius 1 is 1.05 bits per heavy atom. The third-order valence-corrected chi connectivity index (χ3v) is 7.70. The van der Waals surface area contributed by atoms with Gasteiger partial charge in [0.25, 0.3) is 5.56 Å². The molecule has 0 spiro atoms. The van der Waals surface area contributed by atoms with Crippen molar-refractivity contribution in [3.8, 4) is 11.5 Å². The Labute approximate surface area is 240 Å². The number of esters is 1. The van der Waals surface area contributed by atoms with Gasteiger partial charge in [-0.05, 0) is 49.8 Å². The first-order valence-corrected chi connectivity index (χ1v) is 13.9. The number of carbonyl (C=O) groups excluding carboxylic acids is 1. The van der Waals surface area contributed by atoms with Crippen LogP contribution in [-0.4, -0.2) is 24.3 Å². The number of allylic oxidation sites excluding steroid dienone is 1. The fourth-order valence-corrected chi connectivity index (χ4v) is 5.76. The molecule has 1 aromatic heterocycles. The standard InChI is InChI=1S/C31H27ClN2O5S/c1-4-38-30(36)27-19(2)33-31-34(28(27)23-10-6-8-12-25(23)37-3)29(35)26(40-31)17-21-9-5-7-11-24(21)39-18-20-13-15-22(32)16-14-20/h5-17,28H,4,18H2,1-3H3/t28-/m1/s1. The number of hydrogen-bond donors (Lipinski definition) is 0. The van der Waals surface area contributed by atoms with Gasteiger partial charge in [-0.25, -0.2) is 9.79 Å². The van der Waals surface area contributed by atoms with Gasteiger partial charge in [-0.1, -0.05) is 71.5 Å². The highest BCUT2D eigenvalue weighted by molar-refractivity contribution is 7.07. The van der Waals surface area contributed by atoms with Gasteiger partial charge in [0.2, 0.25) is 0 Å². The number of halogens is 1. The van der Waals surface area contributed by atoms with Crippen LogP contribution in [0.4, 0.5) is 0 Å². The summed E-state index contributed by atoms with van der Waals surface area (Å²) in [5.41, 5.74) is 2.91. The summed E-state index contributed by atoms with van der Waals surface area (Å²) in [7, 11) is 1.56. The lowest BCUT2D eigenvalue weighted by atomic mass is 9.95. The molecule has 0 amide bonds. The Morgan fingerprint density at radius 2 is 1.75 bits per heavy atom. The van der Waals surface area contributed by atoms with E-state index in [0.717, 1.165) is 11.1 Å². The van der Waals surface area contributed by atoms with E-state index in [-0.39, 0.29) is 12.2 Å². The molecular formula is C31H27ClN2O5S. The maximum atomic E-state index is 14.0. The average molecular weight is 575 g/mol. The van der Waals surface area contributed by atoms with E-state index in [0.29, 0.717) is 49.3 Å². The maximum absolute atomic E-state index is 14.0. The minimum absolute atomic E-state index is 0.200. The third kappa shape index (κ3) is 5.46. The van der Waals surface area contributed by atoms with Gasteiger partial charge < -0.3 is 14.2 Å². The first kappa shape index (κ1) is 27.4. The van der Waals surface area contributed by atoms with Crippen LogP contribution in [0.2, 0.25) is 5.02 Å². The van der Waals surface area contributed by atoms with E-state index in [1.165, 1.54) is 11.3 Å². The van der Waals surface area contributed by atoms with Gasteiger partial charge in [0.1, 0.15) is 24.1 Å². The maximum Gasteiger partial charge on any atom is 0.338 e. The smallest absolute Gasteiger partial charge is 0.338 e. The van der Waals surface area contributed by atoms with E-state index in [1.807, 2.05) is 66.7 Å². The van der Waals surface area contributed by atoms with Crippen molar-refractivity contribution < 1.29 is 19.0 Å². The summed E-state index contributed by atoms with van der Waals surface area (Å²) in [4.78, 5) is 32.2. The third-order valence-electron chi connectivity index (χ3n) is 6.46. The van der Waals surface area contributed by atoms with E-state index >= 15 is 0 Å². The highest BCUT2D eigenvalue weighted by atomic mass is 35.5. The minimum atomic E-state index is -0.759. The molecule has 0 aliphatic carbocycles. The molecule has 3 aromatic carbocycles. The van der Waals surface area contributed by atoms with Gasteiger partial charge in [-0.3, -0.25) is 9.36 Å². The highest BCUT2D eigenvalue weighted by Gasteiger charge is 2.34. The molecule has 7 nitrogen and oxygen atoms in total. The minimum Gasteiger partial charge on any atom is -0.496 e. The zero-order valence-electron chi connectivity index (χ0n) is 22.2. The quantitative estimate of drug-likeness (QED) is 0.276. The number of methoxy groups -OCH3 is 1. The lowest BCUT2D eigenvalue weighted by Crippen LogP contribution is -2.40. The molecule has 2 heterocycles. The van der Waals surface area contributed by atoms with Crippen LogP contribution in [0.3, 0.4) is 0 Å². The van der Waals surface area contributed by atoms with Gasteiger partial charge in [-0.15, -0.1) is 0 Å². The fraction of sp³-hybridized carbons (Fsp3) is 0.194. The Bertz CT molecular complexity index is 1770. The molecule has 0 radical (unpaired) electrons. The molecule has 0 N–H and O–H groups in total. The summed E-state index contributed by atoms with van der Waals surface area (Å²) in [6.07, 6.45) is 1.80. The predicted octanol–water partition coefficient (Wildman–Crippen LogP) is 5.04. The Hall–Kier alpha value is -4.14. The summed E-state index contributed by atoms with van der Waals surface area (Å²) in [5.74, 6) is 0.669. The molecule has 9 heteroatoms. The van der Waals surface area contributed by atoms with Crippen LogP contribution >= 0.6 is 22.9 Å². The molecule has 4 aromatic rings. The second-order valence-corrected chi connectivity index (χ2v) is 10.4. The van der Waals surface area contributed by atoms with E-state index in [1.54, 1.807) is 37.7 Å². The highest BCUT2D eigenvalue weighted by Crippen LogP contribution is 2.35. The molecule has 1 aliphatic rings. The Kier molecular flexibility index (Phi) is 8.19. The van der Waals surface area contributed by atoms with Crippen LogP contribution in [0.15, 0.2) is 93.9 Å². The number of aromatic nitrogens is 1. The average Bonchev–Trinajstić information content (AvgIpc) is 3.26. The number of ether oxygens (including phenoxy) is 3. The number of hydrogen-bond acceptors (Lipinski definition) is 7. The second kappa shape index (κ2) is 11.9. The van der Waals surface area contributed by atoms with Gasteiger partial charge in [0.15, 0.2) is 4.80 Å².